The molecule has 2 atom stereocenters. The van der Waals surface area contributed by atoms with E-state index in [0.29, 0.717) is 0 Å². The minimum atomic E-state index is -4.57. The zero-order valence-electron chi connectivity index (χ0n) is 13.7. The molecule has 0 spiro atoms. The van der Waals surface area contributed by atoms with E-state index >= 15 is 0 Å². The van der Waals surface area contributed by atoms with Gasteiger partial charge in [-0.15, -0.1) is 0 Å². The molecule has 11 heteroatoms. The molecule has 146 valence electrons. The molecule has 3 fully saturated rings. The molecule has 0 radical (unpaired) electrons. The minimum absolute atomic E-state index is 0.0194. The van der Waals surface area contributed by atoms with Crippen LogP contribution in [0.15, 0.2) is 23.2 Å². The molecule has 2 heterocycles. The van der Waals surface area contributed by atoms with Crippen LogP contribution in [-0.4, -0.2) is 42.3 Å². The second-order valence-electron chi connectivity index (χ2n) is 6.84. The monoisotopic (exact) mass is 438 g/mol. The van der Waals surface area contributed by atoms with Crippen molar-refractivity contribution < 1.29 is 26.4 Å². The van der Waals surface area contributed by atoms with Crippen LogP contribution in [0, 0.1) is 5.92 Å². The van der Waals surface area contributed by atoms with E-state index in [1.54, 1.807) is 0 Å². The van der Waals surface area contributed by atoms with E-state index in [-0.39, 0.29) is 39.2 Å². The molecule has 27 heavy (non-hydrogen) atoms. The molecular weight excluding hydrogens is 425 g/mol. The van der Waals surface area contributed by atoms with E-state index < -0.39 is 32.9 Å². The Bertz CT molecular complexity index is 945. The van der Waals surface area contributed by atoms with Gasteiger partial charge in [-0.25, -0.2) is 8.42 Å². The number of carbonyl (C=O) groups is 1. The summed E-state index contributed by atoms with van der Waals surface area (Å²) in [6, 6.07) is 2.27. The Kier molecular flexibility index (Phi) is 4.51. The maximum absolute atomic E-state index is 13.2. The summed E-state index contributed by atoms with van der Waals surface area (Å²) in [7, 11) is -3.32. The number of benzene rings is 1. The number of aliphatic imine (C=N–C) groups is 1. The average Bonchev–Trinajstić information content (AvgIpc) is 3.28. The number of anilines is 1. The lowest BCUT2D eigenvalue weighted by Crippen LogP contribution is -2.38. The molecule has 2 saturated heterocycles. The van der Waals surface area contributed by atoms with Crippen molar-refractivity contribution in [2.24, 2.45) is 10.9 Å². The van der Waals surface area contributed by atoms with Crippen molar-refractivity contribution in [2.75, 3.05) is 16.4 Å². The van der Waals surface area contributed by atoms with Crippen LogP contribution in [0.5, 0.6) is 0 Å². The zero-order chi connectivity index (χ0) is 19.6. The van der Waals surface area contributed by atoms with Crippen LogP contribution < -0.4 is 4.90 Å². The third-order valence-electron chi connectivity index (χ3n) is 4.73. The number of halogens is 4. The lowest BCUT2D eigenvalue weighted by molar-refractivity contribution is -0.137. The van der Waals surface area contributed by atoms with Gasteiger partial charge in [0.25, 0.3) is 5.91 Å². The molecule has 0 N–H and O–H groups in total. The van der Waals surface area contributed by atoms with Gasteiger partial charge in [0.2, 0.25) is 0 Å². The molecule has 5 nitrogen and oxygen atoms in total. The highest BCUT2D eigenvalue weighted by Crippen LogP contribution is 2.45. The maximum atomic E-state index is 13.2. The van der Waals surface area contributed by atoms with Crippen LogP contribution in [0.4, 0.5) is 18.9 Å². The van der Waals surface area contributed by atoms with E-state index in [9.17, 15) is 26.4 Å². The third kappa shape index (κ3) is 3.71. The number of thioether (sulfide) groups is 1. The Morgan fingerprint density at radius 1 is 1.26 bits per heavy atom. The Balaban J connectivity index is 1.79. The van der Waals surface area contributed by atoms with Gasteiger partial charge >= 0.3 is 6.18 Å². The second-order valence-corrected chi connectivity index (χ2v) is 10.6. The predicted octanol–water partition coefficient (Wildman–Crippen LogP) is 3.37. The molecule has 1 aliphatic carbocycles. The summed E-state index contributed by atoms with van der Waals surface area (Å²) in [5.74, 6) is -0.797. The number of hydrogen-bond donors (Lipinski definition) is 0. The number of rotatable bonds is 2. The Hall–Kier alpha value is -1.26. The first kappa shape index (κ1) is 19.1. The average molecular weight is 439 g/mol. The fraction of sp³-hybridized carbons (Fsp3) is 0.500. The molecule has 3 aliphatic rings. The van der Waals surface area contributed by atoms with Gasteiger partial charge in [-0.2, -0.15) is 18.2 Å². The van der Waals surface area contributed by atoms with Crippen molar-refractivity contribution in [3.8, 4) is 0 Å². The summed E-state index contributed by atoms with van der Waals surface area (Å²) in [6.07, 6.45) is -3.09. The largest absolute Gasteiger partial charge is 0.416 e. The normalized spacial score (nSPS) is 28.6. The van der Waals surface area contributed by atoms with Crippen LogP contribution in [0.2, 0.25) is 5.02 Å². The van der Waals surface area contributed by atoms with Crippen molar-refractivity contribution in [3.05, 3.63) is 28.8 Å². The topological polar surface area (TPSA) is 66.8 Å². The highest BCUT2D eigenvalue weighted by Gasteiger charge is 2.50. The van der Waals surface area contributed by atoms with E-state index in [4.69, 9.17) is 11.6 Å². The first-order valence-electron chi connectivity index (χ1n) is 8.21. The third-order valence-corrected chi connectivity index (χ3v) is 8.26. The summed E-state index contributed by atoms with van der Waals surface area (Å²) in [6.45, 7) is 0. The molecule has 2 unspecified atom stereocenters. The summed E-state index contributed by atoms with van der Waals surface area (Å²) in [5, 5.41) is -0.135. The zero-order valence-corrected chi connectivity index (χ0v) is 16.1. The van der Waals surface area contributed by atoms with Crippen LogP contribution in [-0.2, 0) is 20.8 Å². The van der Waals surface area contributed by atoms with Gasteiger partial charge in [-0.3, -0.25) is 4.79 Å². The van der Waals surface area contributed by atoms with E-state index in [1.165, 1.54) is 4.90 Å². The van der Waals surface area contributed by atoms with Gasteiger partial charge in [0.1, 0.15) is 0 Å². The highest BCUT2D eigenvalue weighted by molar-refractivity contribution is 8.16. The van der Waals surface area contributed by atoms with Crippen LogP contribution >= 0.6 is 23.4 Å². The summed E-state index contributed by atoms with van der Waals surface area (Å²) >= 11 is 7.28. The van der Waals surface area contributed by atoms with Gasteiger partial charge < -0.3 is 4.90 Å². The number of hydrogen-bond acceptors (Lipinski definition) is 4. The van der Waals surface area contributed by atoms with Gasteiger partial charge in [-0.1, -0.05) is 23.4 Å². The number of sulfone groups is 1. The lowest BCUT2D eigenvalue weighted by atomic mass is 10.1. The lowest BCUT2D eigenvalue weighted by Gasteiger charge is -2.26. The van der Waals surface area contributed by atoms with Gasteiger partial charge in [0.05, 0.1) is 33.8 Å². The minimum Gasteiger partial charge on any atom is -0.314 e. The maximum Gasteiger partial charge on any atom is 0.416 e. The fourth-order valence-electron chi connectivity index (χ4n) is 3.24. The smallest absolute Gasteiger partial charge is 0.314 e. The molecule has 1 saturated carbocycles. The van der Waals surface area contributed by atoms with Crippen molar-refractivity contribution in [1.29, 1.82) is 0 Å². The Morgan fingerprint density at radius 2 is 1.96 bits per heavy atom. The Morgan fingerprint density at radius 3 is 2.59 bits per heavy atom. The summed E-state index contributed by atoms with van der Waals surface area (Å²) in [4.78, 5) is 17.6. The number of alkyl halides is 3. The molecule has 1 aromatic rings. The summed E-state index contributed by atoms with van der Waals surface area (Å²) < 4.78 is 63.5. The van der Waals surface area contributed by atoms with Crippen molar-refractivity contribution in [1.82, 2.24) is 0 Å². The SMILES string of the molecule is O=C(N=C1SC2CS(=O)(=O)CC2N1c1cc(C(F)(F)F)ccc1Cl)C1CC1. The first-order chi connectivity index (χ1) is 12.5. The number of amides is 1. The van der Waals surface area contributed by atoms with E-state index in [0.717, 1.165) is 42.8 Å². The van der Waals surface area contributed by atoms with Crippen LogP contribution in [0.25, 0.3) is 0 Å². The standard InChI is InChI=1S/C16H14ClF3N2O3S2/c17-10-4-3-9(16(18,19)20)5-11(10)22-12-6-27(24,25)7-13(12)26-15(22)21-14(23)8-1-2-8/h3-5,8,12-13H,1-2,6-7H2. The van der Waals surface area contributed by atoms with Gasteiger partial charge in [0.15, 0.2) is 15.0 Å². The highest BCUT2D eigenvalue weighted by atomic mass is 35.5. The number of carbonyl (C=O) groups excluding carboxylic acids is 1. The predicted molar refractivity (Wildman–Crippen MR) is 97.9 cm³/mol. The number of amidine groups is 1. The number of nitrogens with zero attached hydrogens (tertiary/aromatic N) is 2. The number of fused-ring (bicyclic) bond motifs is 1. The quantitative estimate of drug-likeness (QED) is 0.708. The van der Waals surface area contributed by atoms with Gasteiger partial charge in [-0.05, 0) is 31.0 Å². The Labute approximate surface area is 162 Å². The first-order valence-corrected chi connectivity index (χ1v) is 11.3. The van der Waals surface area contributed by atoms with Gasteiger partial charge in [0, 0.05) is 11.2 Å². The summed E-state index contributed by atoms with van der Waals surface area (Å²) in [5.41, 5.74) is -0.880. The molecule has 0 aromatic heterocycles. The molecule has 1 amide bonds. The molecule has 4 rings (SSSR count). The van der Waals surface area contributed by atoms with E-state index in [1.807, 2.05) is 0 Å². The van der Waals surface area contributed by atoms with Crippen molar-refractivity contribution in [2.45, 2.75) is 30.3 Å². The molecule has 2 aliphatic heterocycles. The molecule has 0 bridgehead atoms. The van der Waals surface area contributed by atoms with Crippen molar-refractivity contribution in [3.63, 3.8) is 0 Å². The van der Waals surface area contributed by atoms with Crippen LogP contribution in [0.3, 0.4) is 0 Å². The molecule has 1 aromatic carbocycles. The second kappa shape index (κ2) is 6.38. The van der Waals surface area contributed by atoms with Crippen LogP contribution in [0.1, 0.15) is 18.4 Å². The van der Waals surface area contributed by atoms with Crippen molar-refractivity contribution >= 4 is 50.0 Å². The van der Waals surface area contributed by atoms with E-state index in [2.05, 4.69) is 4.99 Å². The fourth-order valence-corrected chi connectivity index (χ4v) is 7.36. The molecular formula is C16H14ClF3N2O3S2.